The number of rotatable bonds is 1. The van der Waals surface area contributed by atoms with Crippen molar-refractivity contribution in [2.24, 2.45) is 46.8 Å². The van der Waals surface area contributed by atoms with Crippen molar-refractivity contribution in [1.29, 1.82) is 0 Å². The molecule has 0 bridgehead atoms. The summed E-state index contributed by atoms with van der Waals surface area (Å²) in [5.74, 6) is 4.95. The molecule has 6 aliphatic rings. The number of ether oxygens (including phenoxy) is 1. The first-order valence-corrected chi connectivity index (χ1v) is 11.2. The van der Waals surface area contributed by atoms with Gasteiger partial charge >= 0.3 is 5.97 Å². The molecule has 144 valence electrons. The fourth-order valence-corrected chi connectivity index (χ4v) is 8.95. The molecule has 5 aliphatic carbocycles. The van der Waals surface area contributed by atoms with Gasteiger partial charge in [0.05, 0.1) is 0 Å². The van der Waals surface area contributed by atoms with Crippen LogP contribution in [-0.2, 0) is 14.3 Å². The third kappa shape index (κ3) is 1.85. The Morgan fingerprint density at radius 2 is 2.07 bits per heavy atom. The van der Waals surface area contributed by atoms with E-state index in [1.807, 2.05) is 6.08 Å². The highest BCUT2D eigenvalue weighted by Crippen LogP contribution is 2.79. The predicted octanol–water partition coefficient (Wildman–Crippen LogP) is 4.47. The number of esters is 1. The molecule has 0 radical (unpaired) electrons. The van der Waals surface area contributed by atoms with E-state index in [1.165, 1.54) is 24.8 Å². The molecule has 0 N–H and O–H groups in total. The van der Waals surface area contributed by atoms with Gasteiger partial charge in [0.25, 0.3) is 0 Å². The van der Waals surface area contributed by atoms with Crippen LogP contribution in [0.4, 0.5) is 0 Å². The highest BCUT2D eigenvalue weighted by atomic mass is 16.6. The number of fused-ring (bicyclic) bond motifs is 9. The molecule has 1 heterocycles. The molecule has 4 fully saturated rings. The molecule has 0 aromatic carbocycles. The number of hydrogen-bond acceptors (Lipinski definition) is 3. The van der Waals surface area contributed by atoms with Crippen molar-refractivity contribution in [3.63, 3.8) is 0 Å². The summed E-state index contributed by atoms with van der Waals surface area (Å²) in [6.07, 6.45) is 13.6. The summed E-state index contributed by atoms with van der Waals surface area (Å²) < 4.78 is 6.16. The van der Waals surface area contributed by atoms with Gasteiger partial charge in [0, 0.05) is 23.8 Å². The van der Waals surface area contributed by atoms with Gasteiger partial charge < -0.3 is 4.74 Å². The Labute approximate surface area is 161 Å². The van der Waals surface area contributed by atoms with E-state index in [1.54, 1.807) is 6.08 Å². The van der Waals surface area contributed by atoms with E-state index in [-0.39, 0.29) is 17.0 Å². The van der Waals surface area contributed by atoms with Crippen LogP contribution in [0.5, 0.6) is 0 Å². The first-order chi connectivity index (χ1) is 13.0. The SMILES string of the molecule is CC[C@]12CCC3C(C1[C@H]1C[C@H]1[C@@]21C=CC(=O)O1)[C@@H](C)CC1=CC(=O)CC[C@@H]13. The van der Waals surface area contributed by atoms with E-state index in [0.29, 0.717) is 29.5 Å². The molecule has 3 nitrogen and oxygen atoms in total. The smallest absolute Gasteiger partial charge is 0.331 e. The van der Waals surface area contributed by atoms with Gasteiger partial charge in [0.2, 0.25) is 0 Å². The van der Waals surface area contributed by atoms with Crippen molar-refractivity contribution in [2.45, 2.75) is 64.4 Å². The summed E-state index contributed by atoms with van der Waals surface area (Å²) in [4.78, 5) is 24.1. The van der Waals surface area contributed by atoms with Crippen molar-refractivity contribution in [1.82, 2.24) is 0 Å². The number of allylic oxidation sites excluding steroid dienone is 1. The average Bonchev–Trinajstić information content (AvgIpc) is 3.30. The molecule has 6 rings (SSSR count). The minimum atomic E-state index is -0.308. The fraction of sp³-hybridized carbons (Fsp3) is 0.750. The molecule has 0 amide bonds. The van der Waals surface area contributed by atoms with Gasteiger partial charge in [-0.05, 0) is 86.2 Å². The largest absolute Gasteiger partial charge is 0.451 e. The molecule has 27 heavy (non-hydrogen) atoms. The molecule has 1 spiro atoms. The Morgan fingerprint density at radius 3 is 2.81 bits per heavy atom. The van der Waals surface area contributed by atoms with Crippen LogP contribution in [0.1, 0.15) is 58.8 Å². The Kier molecular flexibility index (Phi) is 3.16. The van der Waals surface area contributed by atoms with Crippen molar-refractivity contribution in [3.8, 4) is 0 Å². The standard InChI is InChI=1S/C24H30O3/c1-3-23-8-6-17-16-5-4-15(25)11-14(16)10-13(2)21(17)22(23)18-12-19(18)24(23)9-7-20(26)27-24/h7,9,11,13,16-19,21-22H,3-6,8,10,12H2,1-2H3/t13-,16-,17?,18-,19+,21?,22?,23-,24-/m0/s1. The van der Waals surface area contributed by atoms with Crippen molar-refractivity contribution in [3.05, 3.63) is 23.8 Å². The minimum Gasteiger partial charge on any atom is -0.451 e. The molecule has 1 aliphatic heterocycles. The summed E-state index contributed by atoms with van der Waals surface area (Å²) >= 11 is 0. The second kappa shape index (κ2) is 5.15. The molecule has 9 atom stereocenters. The first kappa shape index (κ1) is 16.6. The molecule has 4 saturated carbocycles. The van der Waals surface area contributed by atoms with Crippen molar-refractivity contribution in [2.75, 3.05) is 0 Å². The van der Waals surface area contributed by atoms with E-state index < -0.39 is 0 Å². The number of carbonyl (C=O) groups excluding carboxylic acids is 2. The van der Waals surface area contributed by atoms with Crippen LogP contribution in [-0.4, -0.2) is 17.4 Å². The van der Waals surface area contributed by atoms with Crippen LogP contribution < -0.4 is 0 Å². The number of hydrogen-bond donors (Lipinski definition) is 0. The zero-order valence-corrected chi connectivity index (χ0v) is 16.4. The van der Waals surface area contributed by atoms with Crippen molar-refractivity contribution < 1.29 is 14.3 Å². The van der Waals surface area contributed by atoms with Crippen LogP contribution in [0.15, 0.2) is 23.8 Å². The lowest BCUT2D eigenvalue weighted by Crippen LogP contribution is -2.57. The molecular weight excluding hydrogens is 336 g/mol. The van der Waals surface area contributed by atoms with Crippen LogP contribution in [0.2, 0.25) is 0 Å². The molecular formula is C24H30O3. The van der Waals surface area contributed by atoms with E-state index in [9.17, 15) is 9.59 Å². The monoisotopic (exact) mass is 366 g/mol. The predicted molar refractivity (Wildman–Crippen MR) is 102 cm³/mol. The quantitative estimate of drug-likeness (QED) is 0.643. The zero-order chi connectivity index (χ0) is 18.6. The van der Waals surface area contributed by atoms with E-state index in [4.69, 9.17) is 4.74 Å². The Bertz CT molecular complexity index is 793. The Hall–Kier alpha value is -1.38. The van der Waals surface area contributed by atoms with Crippen LogP contribution >= 0.6 is 0 Å². The second-order valence-electron chi connectivity index (χ2n) is 10.4. The lowest BCUT2D eigenvalue weighted by molar-refractivity contribution is -0.174. The number of carbonyl (C=O) groups is 2. The molecule has 0 aromatic rings. The summed E-state index contributed by atoms with van der Waals surface area (Å²) in [6.45, 7) is 4.76. The molecule has 3 unspecified atom stereocenters. The van der Waals surface area contributed by atoms with Crippen LogP contribution in [0.25, 0.3) is 0 Å². The molecule has 0 aromatic heterocycles. The summed E-state index contributed by atoms with van der Waals surface area (Å²) in [7, 11) is 0. The highest BCUT2D eigenvalue weighted by molar-refractivity contribution is 5.91. The minimum absolute atomic E-state index is 0.121. The maximum Gasteiger partial charge on any atom is 0.331 e. The second-order valence-corrected chi connectivity index (χ2v) is 10.4. The number of ketones is 1. The van der Waals surface area contributed by atoms with Crippen LogP contribution in [0, 0.1) is 46.8 Å². The Morgan fingerprint density at radius 1 is 1.22 bits per heavy atom. The lowest BCUT2D eigenvalue weighted by atomic mass is 9.46. The van der Waals surface area contributed by atoms with Gasteiger partial charge in [-0.25, -0.2) is 4.79 Å². The maximum atomic E-state index is 12.1. The van der Waals surface area contributed by atoms with Gasteiger partial charge in [-0.3, -0.25) is 4.79 Å². The van der Waals surface area contributed by atoms with E-state index in [2.05, 4.69) is 19.9 Å². The average molecular weight is 367 g/mol. The zero-order valence-electron chi connectivity index (χ0n) is 16.4. The van der Waals surface area contributed by atoms with E-state index in [0.717, 1.165) is 43.4 Å². The van der Waals surface area contributed by atoms with Gasteiger partial charge in [-0.2, -0.15) is 0 Å². The van der Waals surface area contributed by atoms with Gasteiger partial charge in [0.1, 0.15) is 5.60 Å². The molecule has 3 heteroatoms. The van der Waals surface area contributed by atoms with Crippen molar-refractivity contribution >= 4 is 11.8 Å². The lowest BCUT2D eigenvalue weighted by Gasteiger charge is -2.59. The third-order valence-electron chi connectivity index (χ3n) is 9.72. The summed E-state index contributed by atoms with van der Waals surface area (Å²) in [6, 6.07) is 0. The van der Waals surface area contributed by atoms with Crippen LogP contribution in [0.3, 0.4) is 0 Å². The normalized spacial score (nSPS) is 54.7. The maximum absolute atomic E-state index is 12.1. The van der Waals surface area contributed by atoms with Gasteiger partial charge in [0.15, 0.2) is 5.78 Å². The first-order valence-electron chi connectivity index (χ1n) is 11.2. The summed E-state index contributed by atoms with van der Waals surface area (Å²) in [5, 5.41) is 0. The molecule has 0 saturated heterocycles. The fourth-order valence-electron chi connectivity index (χ4n) is 8.95. The Balaban J connectivity index is 1.43. The topological polar surface area (TPSA) is 43.4 Å². The van der Waals surface area contributed by atoms with E-state index >= 15 is 0 Å². The van der Waals surface area contributed by atoms with Gasteiger partial charge in [-0.1, -0.05) is 19.4 Å². The summed E-state index contributed by atoms with van der Waals surface area (Å²) in [5.41, 5.74) is 1.29. The highest BCUT2D eigenvalue weighted by Gasteiger charge is 2.79. The van der Waals surface area contributed by atoms with Gasteiger partial charge in [-0.15, -0.1) is 0 Å². The third-order valence-corrected chi connectivity index (χ3v) is 9.72.